The normalized spacial score (nSPS) is 25.9. The molecule has 1 saturated heterocycles. The number of likely N-dealkylation sites (tertiary alicyclic amines) is 1. The van der Waals surface area contributed by atoms with E-state index in [1.165, 1.54) is 25.0 Å². The lowest BCUT2D eigenvalue weighted by atomic mass is 10.1. The van der Waals surface area contributed by atoms with Gasteiger partial charge in [-0.3, -0.25) is 4.90 Å². The Balaban J connectivity index is 1.72. The number of rotatable bonds is 6. The molecular formula is C14H24N4O. The highest BCUT2D eigenvalue weighted by molar-refractivity contribution is 5.10. The van der Waals surface area contributed by atoms with Gasteiger partial charge in [0.05, 0.1) is 24.7 Å². The lowest BCUT2D eigenvalue weighted by Crippen LogP contribution is -2.33. The zero-order chi connectivity index (χ0) is 13.2. The molecule has 3 rings (SSSR count). The molecule has 0 radical (unpaired) electrons. The maximum Gasteiger partial charge on any atom is 0.0951 e. The van der Waals surface area contributed by atoms with Crippen molar-refractivity contribution in [2.24, 2.45) is 11.7 Å². The van der Waals surface area contributed by atoms with Crippen molar-refractivity contribution in [3.05, 3.63) is 18.2 Å². The fraction of sp³-hybridized carbons (Fsp3) is 0.786. The summed E-state index contributed by atoms with van der Waals surface area (Å²) in [6.45, 7) is 3.73. The van der Waals surface area contributed by atoms with Crippen LogP contribution in [-0.4, -0.2) is 47.8 Å². The fourth-order valence-corrected chi connectivity index (χ4v) is 3.21. The number of aromatic nitrogens is 2. The van der Waals surface area contributed by atoms with Gasteiger partial charge in [-0.15, -0.1) is 0 Å². The van der Waals surface area contributed by atoms with Crippen LogP contribution in [0.1, 0.15) is 37.0 Å². The Kier molecular flexibility index (Phi) is 3.86. The summed E-state index contributed by atoms with van der Waals surface area (Å²) in [4.78, 5) is 6.83. The van der Waals surface area contributed by atoms with Crippen LogP contribution in [0, 0.1) is 5.92 Å². The largest absolute Gasteiger partial charge is 0.384 e. The highest BCUT2D eigenvalue weighted by Gasteiger charge is 2.33. The molecule has 5 nitrogen and oxygen atoms in total. The van der Waals surface area contributed by atoms with Gasteiger partial charge in [-0.1, -0.05) is 0 Å². The minimum Gasteiger partial charge on any atom is -0.384 e. The van der Waals surface area contributed by atoms with Gasteiger partial charge in [0.1, 0.15) is 0 Å². The molecule has 2 unspecified atom stereocenters. The van der Waals surface area contributed by atoms with E-state index in [2.05, 4.69) is 14.5 Å². The second-order valence-corrected chi connectivity index (χ2v) is 5.81. The standard InChI is InChI=1S/C14H24N4O/c1-19-9-11-4-5-17(8-11)13(6-15)14-7-16-10-18(14)12-2-3-12/h7,10-13H,2-6,8-9,15H2,1H3. The second kappa shape index (κ2) is 5.61. The number of hydrogen-bond acceptors (Lipinski definition) is 4. The Morgan fingerprint density at radius 2 is 2.32 bits per heavy atom. The average Bonchev–Trinajstić information content (AvgIpc) is 2.97. The van der Waals surface area contributed by atoms with Crippen molar-refractivity contribution in [1.29, 1.82) is 0 Å². The maximum absolute atomic E-state index is 6.04. The zero-order valence-electron chi connectivity index (χ0n) is 11.7. The number of methoxy groups -OCH3 is 1. The van der Waals surface area contributed by atoms with Crippen molar-refractivity contribution >= 4 is 0 Å². The van der Waals surface area contributed by atoms with E-state index in [0.717, 1.165) is 19.7 Å². The van der Waals surface area contributed by atoms with E-state index in [1.54, 1.807) is 7.11 Å². The monoisotopic (exact) mass is 264 g/mol. The summed E-state index contributed by atoms with van der Waals surface area (Å²) >= 11 is 0. The summed E-state index contributed by atoms with van der Waals surface area (Å²) < 4.78 is 7.61. The van der Waals surface area contributed by atoms with Gasteiger partial charge in [0, 0.05) is 32.4 Å². The molecule has 0 bridgehead atoms. The third-order valence-corrected chi connectivity index (χ3v) is 4.36. The molecule has 2 N–H and O–H groups in total. The molecular weight excluding hydrogens is 240 g/mol. The fourth-order valence-electron chi connectivity index (χ4n) is 3.21. The summed E-state index contributed by atoms with van der Waals surface area (Å²) in [5, 5.41) is 0. The summed E-state index contributed by atoms with van der Waals surface area (Å²) in [6, 6.07) is 0.980. The molecule has 19 heavy (non-hydrogen) atoms. The van der Waals surface area contributed by atoms with E-state index in [4.69, 9.17) is 10.5 Å². The third kappa shape index (κ3) is 2.68. The van der Waals surface area contributed by atoms with E-state index in [-0.39, 0.29) is 0 Å². The van der Waals surface area contributed by atoms with E-state index >= 15 is 0 Å². The van der Waals surface area contributed by atoms with Gasteiger partial charge in [0.2, 0.25) is 0 Å². The number of ether oxygens (including phenoxy) is 1. The molecule has 2 atom stereocenters. The Morgan fingerprint density at radius 1 is 1.47 bits per heavy atom. The second-order valence-electron chi connectivity index (χ2n) is 5.81. The molecule has 1 aliphatic carbocycles. The Hall–Kier alpha value is -0.910. The first-order valence-electron chi connectivity index (χ1n) is 7.28. The topological polar surface area (TPSA) is 56.3 Å². The molecule has 0 aromatic carbocycles. The van der Waals surface area contributed by atoms with Crippen LogP contribution in [0.4, 0.5) is 0 Å². The van der Waals surface area contributed by atoms with Crippen LogP contribution >= 0.6 is 0 Å². The van der Waals surface area contributed by atoms with Crippen LogP contribution in [-0.2, 0) is 4.74 Å². The molecule has 0 spiro atoms. The van der Waals surface area contributed by atoms with Crippen molar-refractivity contribution in [2.45, 2.75) is 31.3 Å². The average molecular weight is 264 g/mol. The van der Waals surface area contributed by atoms with Crippen LogP contribution in [0.5, 0.6) is 0 Å². The van der Waals surface area contributed by atoms with E-state index in [0.29, 0.717) is 24.5 Å². The highest BCUT2D eigenvalue weighted by Crippen LogP contribution is 2.38. The van der Waals surface area contributed by atoms with E-state index < -0.39 is 0 Å². The number of nitrogens with two attached hydrogens (primary N) is 1. The number of nitrogens with zero attached hydrogens (tertiary/aromatic N) is 3. The molecule has 1 saturated carbocycles. The van der Waals surface area contributed by atoms with Gasteiger partial charge in [-0.25, -0.2) is 4.98 Å². The van der Waals surface area contributed by atoms with Crippen molar-refractivity contribution in [3.8, 4) is 0 Å². The van der Waals surface area contributed by atoms with Crippen molar-refractivity contribution in [1.82, 2.24) is 14.5 Å². The van der Waals surface area contributed by atoms with Gasteiger partial charge in [0.15, 0.2) is 0 Å². The molecule has 2 heterocycles. The van der Waals surface area contributed by atoms with Gasteiger partial charge < -0.3 is 15.0 Å². The van der Waals surface area contributed by atoms with Crippen molar-refractivity contribution in [3.63, 3.8) is 0 Å². The first-order chi connectivity index (χ1) is 9.33. The summed E-state index contributed by atoms with van der Waals surface area (Å²) in [6.07, 6.45) is 7.75. The number of imidazole rings is 1. The van der Waals surface area contributed by atoms with Gasteiger partial charge >= 0.3 is 0 Å². The van der Waals surface area contributed by atoms with Crippen LogP contribution in [0.3, 0.4) is 0 Å². The minimum atomic E-state index is 0.310. The third-order valence-electron chi connectivity index (χ3n) is 4.36. The van der Waals surface area contributed by atoms with Gasteiger partial charge in [-0.2, -0.15) is 0 Å². The Labute approximate surface area is 114 Å². The molecule has 2 aliphatic rings. The van der Waals surface area contributed by atoms with Crippen molar-refractivity contribution in [2.75, 3.05) is 33.4 Å². The maximum atomic E-state index is 6.04. The molecule has 2 fully saturated rings. The highest BCUT2D eigenvalue weighted by atomic mass is 16.5. The first-order valence-corrected chi connectivity index (χ1v) is 7.28. The lowest BCUT2D eigenvalue weighted by Gasteiger charge is -2.27. The van der Waals surface area contributed by atoms with Gasteiger partial charge in [0.25, 0.3) is 0 Å². The quantitative estimate of drug-likeness (QED) is 0.838. The molecule has 1 aromatic heterocycles. The Bertz CT molecular complexity index is 415. The minimum absolute atomic E-state index is 0.310. The molecule has 1 aliphatic heterocycles. The van der Waals surface area contributed by atoms with Gasteiger partial charge in [-0.05, 0) is 31.7 Å². The smallest absolute Gasteiger partial charge is 0.0951 e. The van der Waals surface area contributed by atoms with E-state index in [1.807, 2.05) is 12.5 Å². The molecule has 1 aromatic rings. The predicted molar refractivity (Wildman–Crippen MR) is 73.8 cm³/mol. The number of hydrogen-bond donors (Lipinski definition) is 1. The van der Waals surface area contributed by atoms with Crippen molar-refractivity contribution < 1.29 is 4.74 Å². The SMILES string of the molecule is COCC1CCN(C(CN)c2cncn2C2CC2)C1. The first kappa shape index (κ1) is 13.1. The lowest BCUT2D eigenvalue weighted by molar-refractivity contribution is 0.146. The summed E-state index contributed by atoms with van der Waals surface area (Å²) in [5.74, 6) is 0.649. The van der Waals surface area contributed by atoms with Crippen LogP contribution in [0.2, 0.25) is 0 Å². The molecule has 106 valence electrons. The zero-order valence-corrected chi connectivity index (χ0v) is 11.7. The summed E-state index contributed by atoms with van der Waals surface area (Å²) in [5.41, 5.74) is 7.33. The Morgan fingerprint density at radius 3 is 3.00 bits per heavy atom. The molecule has 5 heteroatoms. The van der Waals surface area contributed by atoms with E-state index in [9.17, 15) is 0 Å². The van der Waals surface area contributed by atoms with Crippen LogP contribution in [0.25, 0.3) is 0 Å². The van der Waals surface area contributed by atoms with Crippen LogP contribution < -0.4 is 5.73 Å². The molecule has 0 amide bonds. The van der Waals surface area contributed by atoms with Crippen LogP contribution in [0.15, 0.2) is 12.5 Å². The summed E-state index contributed by atoms with van der Waals surface area (Å²) in [7, 11) is 1.78. The predicted octanol–water partition coefficient (Wildman–Crippen LogP) is 1.19.